The lowest BCUT2D eigenvalue weighted by atomic mass is 10.1. The van der Waals surface area contributed by atoms with E-state index in [2.05, 4.69) is 10.6 Å². The van der Waals surface area contributed by atoms with Gasteiger partial charge in [0.25, 0.3) is 0 Å². The van der Waals surface area contributed by atoms with Gasteiger partial charge in [0, 0.05) is 12.6 Å². The molecule has 2 rings (SSSR count). The van der Waals surface area contributed by atoms with Crippen molar-refractivity contribution in [1.29, 1.82) is 0 Å². The van der Waals surface area contributed by atoms with Crippen LogP contribution in [0.25, 0.3) is 0 Å². The smallest absolute Gasteiger partial charge is 0.224 e. The summed E-state index contributed by atoms with van der Waals surface area (Å²) in [5.74, 6) is -0.331. The number of hydrogen-bond acceptors (Lipinski definition) is 3. The maximum atomic E-state index is 13.5. The van der Waals surface area contributed by atoms with Crippen LogP contribution in [0.5, 0.6) is 5.75 Å². The number of halogens is 1. The average molecular weight is 266 g/mol. The van der Waals surface area contributed by atoms with Crippen LogP contribution in [0.2, 0.25) is 0 Å². The quantitative estimate of drug-likeness (QED) is 0.843. The largest absolute Gasteiger partial charge is 0.494 e. The van der Waals surface area contributed by atoms with Gasteiger partial charge in [0.05, 0.1) is 13.5 Å². The minimum atomic E-state index is -0.440. The fourth-order valence-electron chi connectivity index (χ4n) is 2.24. The fourth-order valence-corrected chi connectivity index (χ4v) is 2.24. The van der Waals surface area contributed by atoms with Crippen LogP contribution < -0.4 is 15.4 Å². The van der Waals surface area contributed by atoms with Crippen molar-refractivity contribution >= 4 is 5.91 Å². The molecule has 2 N–H and O–H groups in total. The lowest BCUT2D eigenvalue weighted by Crippen LogP contribution is -2.37. The highest BCUT2D eigenvalue weighted by Crippen LogP contribution is 2.17. The SMILES string of the molecule is COc1ccc(CC(=O)NCC2CCCN2)cc1F. The molecule has 1 fully saturated rings. The highest BCUT2D eigenvalue weighted by atomic mass is 19.1. The Balaban J connectivity index is 1.82. The van der Waals surface area contributed by atoms with E-state index in [1.807, 2.05) is 0 Å². The van der Waals surface area contributed by atoms with Gasteiger partial charge < -0.3 is 15.4 Å². The first-order valence-corrected chi connectivity index (χ1v) is 6.51. The summed E-state index contributed by atoms with van der Waals surface area (Å²) in [5.41, 5.74) is 0.648. The third-order valence-electron chi connectivity index (χ3n) is 3.29. The van der Waals surface area contributed by atoms with Gasteiger partial charge in [-0.1, -0.05) is 6.07 Å². The van der Waals surface area contributed by atoms with Crippen LogP contribution in [0.15, 0.2) is 18.2 Å². The number of rotatable bonds is 5. The molecular formula is C14H19FN2O2. The predicted molar refractivity (Wildman–Crippen MR) is 70.7 cm³/mol. The normalized spacial score (nSPS) is 18.3. The van der Waals surface area contributed by atoms with Crippen LogP contribution in [-0.2, 0) is 11.2 Å². The van der Waals surface area contributed by atoms with Crippen LogP contribution in [0, 0.1) is 5.82 Å². The Morgan fingerprint density at radius 1 is 1.58 bits per heavy atom. The standard InChI is InChI=1S/C14H19FN2O2/c1-19-13-5-4-10(7-12(13)15)8-14(18)17-9-11-3-2-6-16-11/h4-5,7,11,16H,2-3,6,8-9H2,1H3,(H,17,18). The van der Waals surface area contributed by atoms with Crippen LogP contribution in [-0.4, -0.2) is 32.1 Å². The number of hydrogen-bond donors (Lipinski definition) is 2. The molecule has 1 aromatic carbocycles. The van der Waals surface area contributed by atoms with Gasteiger partial charge in [-0.25, -0.2) is 4.39 Å². The van der Waals surface area contributed by atoms with Gasteiger partial charge in [-0.2, -0.15) is 0 Å². The first-order chi connectivity index (χ1) is 9.19. The van der Waals surface area contributed by atoms with E-state index >= 15 is 0 Å². The number of nitrogens with one attached hydrogen (secondary N) is 2. The van der Waals surface area contributed by atoms with E-state index in [9.17, 15) is 9.18 Å². The number of benzene rings is 1. The molecule has 0 aliphatic carbocycles. The fraction of sp³-hybridized carbons (Fsp3) is 0.500. The van der Waals surface area contributed by atoms with Crippen molar-refractivity contribution in [2.24, 2.45) is 0 Å². The van der Waals surface area contributed by atoms with Gasteiger partial charge in [-0.3, -0.25) is 4.79 Å². The van der Waals surface area contributed by atoms with E-state index < -0.39 is 5.82 Å². The Bertz CT molecular complexity index is 445. The third-order valence-corrected chi connectivity index (χ3v) is 3.29. The molecule has 1 unspecified atom stereocenters. The molecule has 4 nitrogen and oxygen atoms in total. The molecular weight excluding hydrogens is 247 g/mol. The van der Waals surface area contributed by atoms with Crippen LogP contribution in [0.3, 0.4) is 0 Å². The molecule has 0 bridgehead atoms. The van der Waals surface area contributed by atoms with Crippen molar-refractivity contribution in [2.75, 3.05) is 20.2 Å². The minimum absolute atomic E-state index is 0.0849. The summed E-state index contributed by atoms with van der Waals surface area (Å²) in [6.07, 6.45) is 2.44. The molecule has 0 radical (unpaired) electrons. The van der Waals surface area contributed by atoms with Gasteiger partial charge in [0.15, 0.2) is 11.6 Å². The highest BCUT2D eigenvalue weighted by molar-refractivity contribution is 5.78. The Morgan fingerprint density at radius 2 is 2.42 bits per heavy atom. The first-order valence-electron chi connectivity index (χ1n) is 6.51. The molecule has 1 amide bonds. The van der Waals surface area contributed by atoms with Crippen molar-refractivity contribution in [1.82, 2.24) is 10.6 Å². The lowest BCUT2D eigenvalue weighted by molar-refractivity contribution is -0.120. The van der Waals surface area contributed by atoms with Crippen molar-refractivity contribution < 1.29 is 13.9 Å². The Labute approximate surface area is 112 Å². The predicted octanol–water partition coefficient (Wildman–Crippen LogP) is 1.24. The lowest BCUT2D eigenvalue weighted by Gasteiger charge is -2.11. The molecule has 0 saturated carbocycles. The van der Waals surface area contributed by atoms with Crippen LogP contribution in [0.4, 0.5) is 4.39 Å². The summed E-state index contributed by atoms with van der Waals surface area (Å²) in [6.45, 7) is 1.65. The molecule has 1 aliphatic rings. The summed E-state index contributed by atoms with van der Waals surface area (Å²) in [7, 11) is 1.42. The zero-order valence-corrected chi connectivity index (χ0v) is 11.0. The summed E-state index contributed by atoms with van der Waals surface area (Å²) in [5, 5.41) is 6.17. The van der Waals surface area contributed by atoms with Gasteiger partial charge in [0.1, 0.15) is 0 Å². The zero-order valence-electron chi connectivity index (χ0n) is 11.0. The van der Waals surface area contributed by atoms with E-state index in [4.69, 9.17) is 4.74 Å². The molecule has 1 saturated heterocycles. The van der Waals surface area contributed by atoms with E-state index in [0.29, 0.717) is 18.2 Å². The number of amides is 1. The van der Waals surface area contributed by atoms with E-state index in [1.165, 1.54) is 19.2 Å². The molecule has 0 aromatic heterocycles. The second-order valence-electron chi connectivity index (χ2n) is 4.74. The minimum Gasteiger partial charge on any atom is -0.494 e. The number of ether oxygens (including phenoxy) is 1. The zero-order chi connectivity index (χ0) is 13.7. The molecule has 5 heteroatoms. The maximum absolute atomic E-state index is 13.5. The van der Waals surface area contributed by atoms with Gasteiger partial charge in [-0.05, 0) is 37.1 Å². The van der Waals surface area contributed by atoms with E-state index in [1.54, 1.807) is 6.07 Å². The second-order valence-corrected chi connectivity index (χ2v) is 4.74. The summed E-state index contributed by atoms with van der Waals surface area (Å²) in [6, 6.07) is 4.95. The molecule has 0 spiro atoms. The Hall–Kier alpha value is -1.62. The molecule has 19 heavy (non-hydrogen) atoms. The van der Waals surface area contributed by atoms with Gasteiger partial charge >= 0.3 is 0 Å². The first kappa shape index (κ1) is 13.8. The van der Waals surface area contributed by atoms with E-state index in [-0.39, 0.29) is 18.1 Å². The molecule has 1 atom stereocenters. The number of carbonyl (C=O) groups excluding carboxylic acids is 1. The van der Waals surface area contributed by atoms with Crippen LogP contribution >= 0.6 is 0 Å². The third kappa shape index (κ3) is 3.92. The molecule has 104 valence electrons. The average Bonchev–Trinajstić information content (AvgIpc) is 2.90. The van der Waals surface area contributed by atoms with E-state index in [0.717, 1.165) is 19.4 Å². The van der Waals surface area contributed by atoms with Crippen molar-refractivity contribution in [2.45, 2.75) is 25.3 Å². The maximum Gasteiger partial charge on any atom is 0.224 e. The second kappa shape index (κ2) is 6.52. The molecule has 1 aromatic rings. The van der Waals surface area contributed by atoms with Crippen molar-refractivity contribution in [3.8, 4) is 5.75 Å². The molecule has 1 heterocycles. The summed E-state index contributed by atoms with van der Waals surface area (Å²) in [4.78, 5) is 11.7. The Kier molecular flexibility index (Phi) is 4.74. The van der Waals surface area contributed by atoms with Crippen molar-refractivity contribution in [3.05, 3.63) is 29.6 Å². The Morgan fingerprint density at radius 3 is 3.05 bits per heavy atom. The highest BCUT2D eigenvalue weighted by Gasteiger charge is 2.15. The number of methoxy groups -OCH3 is 1. The molecule has 1 aliphatic heterocycles. The van der Waals surface area contributed by atoms with Gasteiger partial charge in [-0.15, -0.1) is 0 Å². The summed E-state index contributed by atoms with van der Waals surface area (Å²) >= 11 is 0. The van der Waals surface area contributed by atoms with Gasteiger partial charge in [0.2, 0.25) is 5.91 Å². The number of carbonyl (C=O) groups is 1. The van der Waals surface area contributed by atoms with Crippen molar-refractivity contribution in [3.63, 3.8) is 0 Å². The summed E-state index contributed by atoms with van der Waals surface area (Å²) < 4.78 is 18.3. The monoisotopic (exact) mass is 266 g/mol. The van der Waals surface area contributed by atoms with Crippen LogP contribution in [0.1, 0.15) is 18.4 Å². The topological polar surface area (TPSA) is 50.4 Å².